The van der Waals surface area contributed by atoms with Gasteiger partial charge in [0.25, 0.3) is 5.91 Å². The zero-order valence-corrected chi connectivity index (χ0v) is 16.1. The molecule has 2 aromatic heterocycles. The number of amides is 1. The van der Waals surface area contributed by atoms with Crippen LogP contribution in [0.4, 0.5) is 5.13 Å². The highest BCUT2D eigenvalue weighted by Gasteiger charge is 2.17. The van der Waals surface area contributed by atoms with Gasteiger partial charge in [-0.15, -0.1) is 0 Å². The monoisotopic (exact) mass is 388 g/mol. The predicted octanol–water partition coefficient (Wildman–Crippen LogP) is 4.63. The van der Waals surface area contributed by atoms with Crippen LogP contribution in [-0.2, 0) is 11.3 Å². The molecule has 4 rings (SSSR count). The van der Waals surface area contributed by atoms with E-state index < -0.39 is 0 Å². The van der Waals surface area contributed by atoms with Crippen LogP contribution in [0.1, 0.15) is 12.0 Å². The normalized spacial score (nSPS) is 11.3. The fourth-order valence-electron chi connectivity index (χ4n) is 2.93. The van der Waals surface area contributed by atoms with E-state index in [1.165, 1.54) is 0 Å². The van der Waals surface area contributed by atoms with Crippen LogP contribution in [0.25, 0.3) is 16.3 Å². The summed E-state index contributed by atoms with van der Waals surface area (Å²) < 4.78 is 3.10. The molecule has 0 atom stereocenters. The minimum Gasteiger partial charge on any atom is -0.337 e. The maximum atomic E-state index is 13.0. The minimum atomic E-state index is -0.0615. The molecule has 0 aliphatic rings. The van der Waals surface area contributed by atoms with Crippen molar-refractivity contribution >= 4 is 38.7 Å². The number of rotatable bonds is 7. The SMILES string of the molecule is O=C(/C=C/c1ccccc1)N(CCCn1ccnc1)c1nc2ccccc2s1. The van der Waals surface area contributed by atoms with E-state index in [0.29, 0.717) is 6.54 Å². The molecule has 0 spiro atoms. The number of imidazole rings is 1. The lowest BCUT2D eigenvalue weighted by atomic mass is 10.2. The van der Waals surface area contributed by atoms with Gasteiger partial charge in [0.2, 0.25) is 0 Å². The number of carbonyl (C=O) groups is 1. The molecule has 6 heteroatoms. The van der Waals surface area contributed by atoms with Crippen LogP contribution in [0.5, 0.6) is 0 Å². The molecule has 0 saturated heterocycles. The van der Waals surface area contributed by atoms with Gasteiger partial charge in [-0.2, -0.15) is 0 Å². The summed E-state index contributed by atoms with van der Waals surface area (Å²) in [5, 5.41) is 0.731. The van der Waals surface area contributed by atoms with E-state index in [1.807, 2.05) is 71.4 Å². The van der Waals surface area contributed by atoms with Crippen molar-refractivity contribution in [2.75, 3.05) is 11.4 Å². The quantitative estimate of drug-likeness (QED) is 0.434. The van der Waals surface area contributed by atoms with Gasteiger partial charge < -0.3 is 4.57 Å². The average Bonchev–Trinajstić information content (AvgIpc) is 3.39. The zero-order valence-electron chi connectivity index (χ0n) is 15.3. The number of hydrogen-bond donors (Lipinski definition) is 0. The van der Waals surface area contributed by atoms with Crippen molar-refractivity contribution in [1.82, 2.24) is 14.5 Å². The molecule has 0 fully saturated rings. The molecule has 0 bridgehead atoms. The minimum absolute atomic E-state index is 0.0615. The average molecular weight is 388 g/mol. The highest BCUT2D eigenvalue weighted by Crippen LogP contribution is 2.29. The van der Waals surface area contributed by atoms with Crippen molar-refractivity contribution in [2.24, 2.45) is 0 Å². The number of aromatic nitrogens is 3. The Morgan fingerprint density at radius 1 is 1.11 bits per heavy atom. The Labute approximate surface area is 167 Å². The van der Waals surface area contributed by atoms with Crippen molar-refractivity contribution in [3.63, 3.8) is 0 Å². The second-order valence-corrected chi connectivity index (χ2v) is 7.36. The van der Waals surface area contributed by atoms with Crippen molar-refractivity contribution in [1.29, 1.82) is 0 Å². The Balaban J connectivity index is 1.54. The molecule has 4 aromatic rings. The Bertz CT molecular complexity index is 1040. The number of aryl methyl sites for hydroxylation is 1. The molecular weight excluding hydrogens is 368 g/mol. The molecule has 2 aromatic carbocycles. The van der Waals surface area contributed by atoms with Gasteiger partial charge in [-0.25, -0.2) is 9.97 Å². The molecule has 140 valence electrons. The van der Waals surface area contributed by atoms with Crippen LogP contribution >= 0.6 is 11.3 Å². The summed E-state index contributed by atoms with van der Waals surface area (Å²) in [5.74, 6) is -0.0615. The number of fused-ring (bicyclic) bond motifs is 1. The number of benzene rings is 2. The molecule has 2 heterocycles. The van der Waals surface area contributed by atoms with Gasteiger partial charge in [0, 0.05) is 31.6 Å². The lowest BCUT2D eigenvalue weighted by Gasteiger charge is -2.18. The molecule has 28 heavy (non-hydrogen) atoms. The van der Waals surface area contributed by atoms with E-state index in [1.54, 1.807) is 34.8 Å². The fourth-order valence-corrected chi connectivity index (χ4v) is 3.92. The topological polar surface area (TPSA) is 51.0 Å². The summed E-state index contributed by atoms with van der Waals surface area (Å²) in [6.07, 6.45) is 9.77. The van der Waals surface area contributed by atoms with Crippen LogP contribution < -0.4 is 4.90 Å². The molecule has 0 aliphatic carbocycles. The van der Waals surface area contributed by atoms with Crippen LogP contribution in [0, 0.1) is 0 Å². The number of nitrogens with zero attached hydrogens (tertiary/aromatic N) is 4. The molecule has 1 amide bonds. The van der Waals surface area contributed by atoms with Crippen LogP contribution in [0.3, 0.4) is 0 Å². The molecular formula is C22H20N4OS. The Kier molecular flexibility index (Phi) is 5.58. The third-order valence-electron chi connectivity index (χ3n) is 4.35. The van der Waals surface area contributed by atoms with Crippen LogP contribution in [0.15, 0.2) is 79.4 Å². The second kappa shape index (κ2) is 8.63. The summed E-state index contributed by atoms with van der Waals surface area (Å²) in [7, 11) is 0. The zero-order chi connectivity index (χ0) is 19.2. The Morgan fingerprint density at radius 3 is 2.71 bits per heavy atom. The number of carbonyl (C=O) groups excluding carboxylic acids is 1. The highest BCUT2D eigenvalue weighted by atomic mass is 32.1. The molecule has 0 radical (unpaired) electrons. The van der Waals surface area contributed by atoms with E-state index in [2.05, 4.69) is 9.97 Å². The van der Waals surface area contributed by atoms with Crippen molar-refractivity contribution in [3.05, 3.63) is 85.0 Å². The molecule has 5 nitrogen and oxygen atoms in total. The Hall–Kier alpha value is -3.25. The van der Waals surface area contributed by atoms with Crippen molar-refractivity contribution in [2.45, 2.75) is 13.0 Å². The summed E-state index contributed by atoms with van der Waals surface area (Å²) in [6.45, 7) is 1.40. The largest absolute Gasteiger partial charge is 0.337 e. The third-order valence-corrected chi connectivity index (χ3v) is 5.41. The summed E-state index contributed by atoms with van der Waals surface area (Å²) >= 11 is 1.54. The smallest absolute Gasteiger partial charge is 0.252 e. The molecule has 0 N–H and O–H groups in total. The van der Waals surface area contributed by atoms with E-state index in [9.17, 15) is 4.79 Å². The van der Waals surface area contributed by atoms with Gasteiger partial charge in [-0.05, 0) is 30.2 Å². The predicted molar refractivity (Wildman–Crippen MR) is 114 cm³/mol. The van der Waals surface area contributed by atoms with Crippen molar-refractivity contribution < 1.29 is 4.79 Å². The van der Waals surface area contributed by atoms with Gasteiger partial charge in [0.15, 0.2) is 5.13 Å². The maximum absolute atomic E-state index is 13.0. The Morgan fingerprint density at radius 2 is 1.93 bits per heavy atom. The molecule has 0 unspecified atom stereocenters. The number of para-hydroxylation sites is 1. The van der Waals surface area contributed by atoms with Gasteiger partial charge >= 0.3 is 0 Å². The van der Waals surface area contributed by atoms with E-state index in [0.717, 1.165) is 33.9 Å². The van der Waals surface area contributed by atoms with E-state index in [4.69, 9.17) is 0 Å². The highest BCUT2D eigenvalue weighted by molar-refractivity contribution is 7.22. The van der Waals surface area contributed by atoms with E-state index >= 15 is 0 Å². The van der Waals surface area contributed by atoms with Gasteiger partial charge in [-0.1, -0.05) is 53.8 Å². The van der Waals surface area contributed by atoms with Crippen LogP contribution in [0.2, 0.25) is 0 Å². The second-order valence-electron chi connectivity index (χ2n) is 6.35. The first-order valence-electron chi connectivity index (χ1n) is 9.15. The first kappa shape index (κ1) is 18.1. The van der Waals surface area contributed by atoms with Gasteiger partial charge in [0.05, 0.1) is 16.5 Å². The lowest BCUT2D eigenvalue weighted by molar-refractivity contribution is -0.114. The standard InChI is InChI=1S/C22H20N4OS/c27-21(12-11-18-7-2-1-3-8-18)26(15-6-14-25-16-13-23-17-25)22-24-19-9-4-5-10-20(19)28-22/h1-5,7-13,16-17H,6,14-15H2/b12-11+. The maximum Gasteiger partial charge on any atom is 0.252 e. The summed E-state index contributed by atoms with van der Waals surface area (Å²) in [5.41, 5.74) is 1.92. The molecule has 0 aliphatic heterocycles. The summed E-state index contributed by atoms with van der Waals surface area (Å²) in [6, 6.07) is 17.8. The lowest BCUT2D eigenvalue weighted by Crippen LogP contribution is -2.30. The third kappa shape index (κ3) is 4.35. The van der Waals surface area contributed by atoms with Gasteiger partial charge in [0.1, 0.15) is 0 Å². The first-order chi connectivity index (χ1) is 13.8. The number of anilines is 1. The van der Waals surface area contributed by atoms with Gasteiger partial charge in [-0.3, -0.25) is 9.69 Å². The summed E-state index contributed by atoms with van der Waals surface area (Å²) in [4.78, 5) is 23.5. The molecule has 0 saturated carbocycles. The van der Waals surface area contributed by atoms with Crippen molar-refractivity contribution in [3.8, 4) is 0 Å². The fraction of sp³-hybridized carbons (Fsp3) is 0.136. The number of hydrogen-bond acceptors (Lipinski definition) is 4. The first-order valence-corrected chi connectivity index (χ1v) is 9.97. The van der Waals surface area contributed by atoms with E-state index in [-0.39, 0.29) is 5.91 Å². The van der Waals surface area contributed by atoms with Crippen LogP contribution in [-0.4, -0.2) is 27.0 Å². The number of thiazole rings is 1.